The van der Waals surface area contributed by atoms with Gasteiger partial charge in [0.2, 0.25) is 0 Å². The lowest BCUT2D eigenvalue weighted by Gasteiger charge is -2.13. The SMILES string of the molecule is Cc1cc(C)c(NC(=O)COC(=O)c2c(Cl)ccc(Cl)c2Cl)c(C)c1. The van der Waals surface area contributed by atoms with E-state index >= 15 is 0 Å². The average molecular weight is 401 g/mol. The van der Waals surface area contributed by atoms with E-state index in [1.54, 1.807) is 0 Å². The molecule has 0 aliphatic heterocycles. The third-order valence-electron chi connectivity index (χ3n) is 3.52. The van der Waals surface area contributed by atoms with Crippen LogP contribution in [0.5, 0.6) is 0 Å². The monoisotopic (exact) mass is 399 g/mol. The molecule has 132 valence electrons. The Kier molecular flexibility index (Phi) is 6.33. The van der Waals surface area contributed by atoms with Crippen LogP contribution >= 0.6 is 34.8 Å². The summed E-state index contributed by atoms with van der Waals surface area (Å²) >= 11 is 17.8. The number of carbonyl (C=O) groups is 2. The number of anilines is 1. The number of hydrogen-bond acceptors (Lipinski definition) is 3. The number of nitrogens with one attached hydrogen (secondary N) is 1. The molecule has 2 aromatic carbocycles. The molecule has 2 aromatic rings. The molecule has 0 atom stereocenters. The number of hydrogen-bond donors (Lipinski definition) is 1. The van der Waals surface area contributed by atoms with E-state index < -0.39 is 18.5 Å². The molecule has 0 aliphatic rings. The first kappa shape index (κ1) is 19.6. The first-order valence-corrected chi connectivity index (χ1v) is 8.52. The van der Waals surface area contributed by atoms with Crippen molar-refractivity contribution in [3.8, 4) is 0 Å². The van der Waals surface area contributed by atoms with Gasteiger partial charge in [-0.3, -0.25) is 4.79 Å². The van der Waals surface area contributed by atoms with Crippen LogP contribution in [0.1, 0.15) is 27.0 Å². The highest BCUT2D eigenvalue weighted by Crippen LogP contribution is 2.31. The molecule has 7 heteroatoms. The summed E-state index contributed by atoms with van der Waals surface area (Å²) in [4.78, 5) is 24.2. The number of rotatable bonds is 4. The van der Waals surface area contributed by atoms with E-state index in [1.807, 2.05) is 32.9 Å². The molecule has 1 amide bonds. The molecule has 0 spiro atoms. The minimum atomic E-state index is -0.815. The molecule has 0 fully saturated rings. The largest absolute Gasteiger partial charge is 0.452 e. The Morgan fingerprint density at radius 1 is 1.00 bits per heavy atom. The number of carbonyl (C=O) groups excluding carboxylic acids is 2. The summed E-state index contributed by atoms with van der Waals surface area (Å²) in [5.74, 6) is -1.28. The van der Waals surface area contributed by atoms with Crippen molar-refractivity contribution in [2.45, 2.75) is 20.8 Å². The maximum atomic E-state index is 12.1. The number of aryl methyl sites for hydroxylation is 3. The van der Waals surface area contributed by atoms with Crippen LogP contribution in [0.3, 0.4) is 0 Å². The summed E-state index contributed by atoms with van der Waals surface area (Å²) in [6.45, 7) is 5.30. The highest BCUT2D eigenvalue weighted by atomic mass is 35.5. The molecule has 0 unspecified atom stereocenters. The summed E-state index contributed by atoms with van der Waals surface area (Å²) in [6.07, 6.45) is 0. The molecular weight excluding hydrogens is 385 g/mol. The lowest BCUT2D eigenvalue weighted by atomic mass is 10.1. The highest BCUT2D eigenvalue weighted by molar-refractivity contribution is 6.46. The van der Waals surface area contributed by atoms with Crippen molar-refractivity contribution in [2.75, 3.05) is 11.9 Å². The fourth-order valence-electron chi connectivity index (χ4n) is 2.47. The predicted molar refractivity (Wildman–Crippen MR) is 101 cm³/mol. The standard InChI is InChI=1S/C18H16Cl3NO3/c1-9-6-10(2)17(11(3)7-9)22-14(23)8-25-18(24)15-12(19)4-5-13(20)16(15)21/h4-7H,8H2,1-3H3,(H,22,23). The Morgan fingerprint density at radius 2 is 1.56 bits per heavy atom. The minimum Gasteiger partial charge on any atom is -0.452 e. The van der Waals surface area contributed by atoms with Gasteiger partial charge in [-0.05, 0) is 44.0 Å². The van der Waals surface area contributed by atoms with Crippen LogP contribution in [0.4, 0.5) is 5.69 Å². The molecule has 4 nitrogen and oxygen atoms in total. The number of ether oxygens (including phenoxy) is 1. The first-order chi connectivity index (χ1) is 11.7. The van der Waals surface area contributed by atoms with Crippen LogP contribution in [0, 0.1) is 20.8 Å². The Balaban J connectivity index is 2.06. The predicted octanol–water partition coefficient (Wildman–Crippen LogP) is 5.37. The van der Waals surface area contributed by atoms with Crippen molar-refractivity contribution in [3.05, 3.63) is 61.6 Å². The second-order valence-electron chi connectivity index (χ2n) is 5.62. The van der Waals surface area contributed by atoms with E-state index in [0.29, 0.717) is 5.69 Å². The topological polar surface area (TPSA) is 55.4 Å². The Morgan fingerprint density at radius 3 is 2.16 bits per heavy atom. The maximum absolute atomic E-state index is 12.1. The molecule has 25 heavy (non-hydrogen) atoms. The van der Waals surface area contributed by atoms with Gasteiger partial charge in [-0.15, -0.1) is 0 Å². The molecule has 0 bridgehead atoms. The molecule has 0 aromatic heterocycles. The van der Waals surface area contributed by atoms with Crippen molar-refractivity contribution in [3.63, 3.8) is 0 Å². The molecule has 0 saturated carbocycles. The van der Waals surface area contributed by atoms with E-state index in [0.717, 1.165) is 16.7 Å². The van der Waals surface area contributed by atoms with Crippen LogP contribution in [-0.4, -0.2) is 18.5 Å². The lowest BCUT2D eigenvalue weighted by Crippen LogP contribution is -2.22. The van der Waals surface area contributed by atoms with Crippen molar-refractivity contribution in [2.24, 2.45) is 0 Å². The summed E-state index contributed by atoms with van der Waals surface area (Å²) in [5, 5.41) is 3.01. The molecular formula is C18H16Cl3NO3. The second-order valence-corrected chi connectivity index (χ2v) is 6.81. The van der Waals surface area contributed by atoms with E-state index in [2.05, 4.69) is 5.32 Å². The quantitative estimate of drug-likeness (QED) is 0.554. The van der Waals surface area contributed by atoms with Crippen LogP contribution in [-0.2, 0) is 9.53 Å². The second kappa shape index (κ2) is 8.09. The van der Waals surface area contributed by atoms with Gasteiger partial charge in [0.15, 0.2) is 6.61 Å². The first-order valence-electron chi connectivity index (χ1n) is 7.39. The van der Waals surface area contributed by atoms with E-state index in [1.165, 1.54) is 12.1 Å². The van der Waals surface area contributed by atoms with Crippen LogP contribution < -0.4 is 5.32 Å². The van der Waals surface area contributed by atoms with Gasteiger partial charge in [-0.1, -0.05) is 52.5 Å². The van der Waals surface area contributed by atoms with Crippen LogP contribution in [0.25, 0.3) is 0 Å². The fourth-order valence-corrected chi connectivity index (χ4v) is 3.15. The third-order valence-corrected chi connectivity index (χ3v) is 4.64. The van der Waals surface area contributed by atoms with Gasteiger partial charge in [0.25, 0.3) is 5.91 Å². The van der Waals surface area contributed by atoms with Crippen LogP contribution in [0.2, 0.25) is 15.1 Å². The number of benzene rings is 2. The highest BCUT2D eigenvalue weighted by Gasteiger charge is 2.20. The summed E-state index contributed by atoms with van der Waals surface area (Å²) in [7, 11) is 0. The van der Waals surface area contributed by atoms with Gasteiger partial charge < -0.3 is 10.1 Å². The molecule has 2 rings (SSSR count). The lowest BCUT2D eigenvalue weighted by molar-refractivity contribution is -0.119. The number of halogens is 3. The fraction of sp³-hybridized carbons (Fsp3) is 0.222. The Hall–Kier alpha value is -1.75. The zero-order chi connectivity index (χ0) is 18.7. The van der Waals surface area contributed by atoms with Crippen molar-refractivity contribution in [1.82, 2.24) is 0 Å². The molecule has 0 aliphatic carbocycles. The molecule has 0 heterocycles. The van der Waals surface area contributed by atoms with Gasteiger partial charge in [0.1, 0.15) is 0 Å². The Bertz CT molecular complexity index is 827. The average Bonchev–Trinajstić information content (AvgIpc) is 2.53. The zero-order valence-electron chi connectivity index (χ0n) is 13.9. The van der Waals surface area contributed by atoms with Crippen molar-refractivity contribution in [1.29, 1.82) is 0 Å². The third kappa shape index (κ3) is 4.66. The maximum Gasteiger partial charge on any atom is 0.341 e. The van der Waals surface area contributed by atoms with Crippen molar-refractivity contribution < 1.29 is 14.3 Å². The zero-order valence-corrected chi connectivity index (χ0v) is 16.1. The normalized spacial score (nSPS) is 10.5. The summed E-state index contributed by atoms with van der Waals surface area (Å²) < 4.78 is 5.00. The molecule has 0 saturated heterocycles. The van der Waals surface area contributed by atoms with E-state index in [-0.39, 0.29) is 20.6 Å². The van der Waals surface area contributed by atoms with E-state index in [4.69, 9.17) is 39.5 Å². The minimum absolute atomic E-state index is 0.00945. The van der Waals surface area contributed by atoms with Gasteiger partial charge in [0.05, 0.1) is 20.6 Å². The number of amides is 1. The molecule has 0 radical (unpaired) electrons. The van der Waals surface area contributed by atoms with E-state index in [9.17, 15) is 9.59 Å². The molecule has 1 N–H and O–H groups in total. The summed E-state index contributed by atoms with van der Waals surface area (Å²) in [5.41, 5.74) is 3.60. The summed E-state index contributed by atoms with van der Waals surface area (Å²) in [6, 6.07) is 6.82. The Labute approximate surface area is 161 Å². The van der Waals surface area contributed by atoms with Crippen LogP contribution in [0.15, 0.2) is 24.3 Å². The van der Waals surface area contributed by atoms with Gasteiger partial charge in [-0.2, -0.15) is 0 Å². The van der Waals surface area contributed by atoms with Crippen molar-refractivity contribution >= 4 is 52.4 Å². The van der Waals surface area contributed by atoms with Gasteiger partial charge in [-0.25, -0.2) is 4.79 Å². The number of esters is 1. The van der Waals surface area contributed by atoms with Gasteiger partial charge >= 0.3 is 5.97 Å². The van der Waals surface area contributed by atoms with Gasteiger partial charge in [0, 0.05) is 5.69 Å². The smallest absolute Gasteiger partial charge is 0.341 e.